The molecule has 1 aliphatic carbocycles. The third kappa shape index (κ3) is 2.76. The van der Waals surface area contributed by atoms with Crippen LogP contribution in [-0.2, 0) is 0 Å². The van der Waals surface area contributed by atoms with E-state index in [1.807, 2.05) is 0 Å². The van der Waals surface area contributed by atoms with E-state index in [-0.39, 0.29) is 0 Å². The van der Waals surface area contributed by atoms with Crippen LogP contribution in [0, 0.1) is 19.8 Å². The van der Waals surface area contributed by atoms with Crippen molar-refractivity contribution in [1.29, 1.82) is 0 Å². The number of nitrogens with zero attached hydrogens (tertiary/aromatic N) is 1. The topological polar surface area (TPSA) is 29.3 Å². The first kappa shape index (κ1) is 13.6. The summed E-state index contributed by atoms with van der Waals surface area (Å²) in [4.78, 5) is 2.47. The highest BCUT2D eigenvalue weighted by molar-refractivity contribution is 5.33. The minimum atomic E-state index is 0.348. The first-order valence-electron chi connectivity index (χ1n) is 7.03. The second-order valence-corrected chi connectivity index (χ2v) is 5.86. The molecule has 0 saturated heterocycles. The van der Waals surface area contributed by atoms with Gasteiger partial charge in [-0.3, -0.25) is 4.90 Å². The van der Waals surface area contributed by atoms with Crippen LogP contribution in [0.1, 0.15) is 42.5 Å². The highest BCUT2D eigenvalue weighted by atomic mass is 15.2. The molecule has 18 heavy (non-hydrogen) atoms. The van der Waals surface area contributed by atoms with Crippen molar-refractivity contribution in [3.05, 3.63) is 34.9 Å². The van der Waals surface area contributed by atoms with Gasteiger partial charge < -0.3 is 5.73 Å². The molecule has 2 heteroatoms. The van der Waals surface area contributed by atoms with Crippen LogP contribution in [-0.4, -0.2) is 24.5 Å². The minimum absolute atomic E-state index is 0.348. The smallest absolute Gasteiger partial charge is 0.0472 e. The molecule has 0 radical (unpaired) electrons. The number of rotatable bonds is 5. The molecule has 0 aliphatic heterocycles. The van der Waals surface area contributed by atoms with Crippen molar-refractivity contribution in [3.8, 4) is 0 Å². The van der Waals surface area contributed by atoms with E-state index in [0.717, 1.165) is 5.92 Å². The Hall–Kier alpha value is -0.860. The predicted molar refractivity (Wildman–Crippen MR) is 77.7 cm³/mol. The van der Waals surface area contributed by atoms with Crippen LogP contribution in [0.4, 0.5) is 0 Å². The Morgan fingerprint density at radius 2 is 2.00 bits per heavy atom. The van der Waals surface area contributed by atoms with Crippen LogP contribution in [0.5, 0.6) is 0 Å². The molecule has 1 saturated carbocycles. The fourth-order valence-corrected chi connectivity index (χ4v) is 2.91. The maximum Gasteiger partial charge on any atom is 0.0472 e. The van der Waals surface area contributed by atoms with Gasteiger partial charge in [-0.25, -0.2) is 0 Å². The van der Waals surface area contributed by atoms with E-state index >= 15 is 0 Å². The quantitative estimate of drug-likeness (QED) is 0.865. The Labute approximate surface area is 111 Å². The molecule has 0 heterocycles. The molecule has 0 spiro atoms. The van der Waals surface area contributed by atoms with E-state index in [9.17, 15) is 0 Å². The highest BCUT2D eigenvalue weighted by Crippen LogP contribution is 2.37. The first-order chi connectivity index (χ1) is 8.54. The maximum absolute atomic E-state index is 6.03. The molecule has 0 amide bonds. The third-order valence-electron chi connectivity index (χ3n) is 4.45. The number of likely N-dealkylation sites (N-methyl/N-ethyl adjacent to an activating group) is 1. The second-order valence-electron chi connectivity index (χ2n) is 5.86. The van der Waals surface area contributed by atoms with Crippen LogP contribution >= 0.6 is 0 Å². The van der Waals surface area contributed by atoms with Gasteiger partial charge in [-0.1, -0.05) is 23.8 Å². The van der Waals surface area contributed by atoms with Gasteiger partial charge in [0.15, 0.2) is 0 Å². The summed E-state index contributed by atoms with van der Waals surface area (Å²) in [5.41, 5.74) is 10.1. The summed E-state index contributed by atoms with van der Waals surface area (Å²) in [5, 5.41) is 0. The average molecular weight is 246 g/mol. The molecule has 2 unspecified atom stereocenters. The van der Waals surface area contributed by atoms with Crippen LogP contribution in [0.25, 0.3) is 0 Å². The van der Waals surface area contributed by atoms with Gasteiger partial charge in [-0.2, -0.15) is 0 Å². The van der Waals surface area contributed by atoms with Crippen molar-refractivity contribution in [2.45, 2.75) is 45.7 Å². The highest BCUT2D eigenvalue weighted by Gasteiger charge is 2.33. The van der Waals surface area contributed by atoms with Crippen molar-refractivity contribution in [1.82, 2.24) is 4.90 Å². The van der Waals surface area contributed by atoms with E-state index < -0.39 is 0 Å². The lowest BCUT2D eigenvalue weighted by Crippen LogP contribution is -2.38. The number of hydrogen-bond acceptors (Lipinski definition) is 2. The van der Waals surface area contributed by atoms with E-state index in [1.54, 1.807) is 0 Å². The number of hydrogen-bond donors (Lipinski definition) is 1. The summed E-state index contributed by atoms with van der Waals surface area (Å²) in [5.74, 6) is 0.884. The van der Waals surface area contributed by atoms with Crippen LogP contribution in [0.2, 0.25) is 0 Å². The maximum atomic E-state index is 6.03. The van der Waals surface area contributed by atoms with Gasteiger partial charge in [0.1, 0.15) is 0 Å². The molecule has 2 rings (SSSR count). The molecule has 1 fully saturated rings. The van der Waals surface area contributed by atoms with Crippen LogP contribution < -0.4 is 5.73 Å². The minimum Gasteiger partial charge on any atom is -0.329 e. The monoisotopic (exact) mass is 246 g/mol. The van der Waals surface area contributed by atoms with Crippen LogP contribution in [0.15, 0.2) is 18.2 Å². The Balaban J connectivity index is 2.20. The SMILES string of the molecule is Cc1ccc(C(CN)N(C)C(C)C2CC2)c(C)c1. The zero-order valence-electron chi connectivity index (χ0n) is 12.1. The third-order valence-corrected chi connectivity index (χ3v) is 4.45. The number of aryl methyl sites for hydroxylation is 2. The average Bonchev–Trinajstić information content (AvgIpc) is 3.15. The Kier molecular flexibility index (Phi) is 4.08. The Bertz CT molecular complexity index is 410. The lowest BCUT2D eigenvalue weighted by Gasteiger charge is -2.34. The summed E-state index contributed by atoms with van der Waals surface area (Å²) in [6.07, 6.45) is 2.77. The summed E-state index contributed by atoms with van der Waals surface area (Å²) in [6.45, 7) is 7.37. The zero-order valence-corrected chi connectivity index (χ0v) is 12.1. The number of benzene rings is 1. The Morgan fingerprint density at radius 3 is 2.50 bits per heavy atom. The summed E-state index contributed by atoms with van der Waals surface area (Å²) in [7, 11) is 2.22. The summed E-state index contributed by atoms with van der Waals surface area (Å²) >= 11 is 0. The van der Waals surface area contributed by atoms with Gasteiger partial charge in [-0.15, -0.1) is 0 Å². The van der Waals surface area contributed by atoms with Crippen LogP contribution in [0.3, 0.4) is 0 Å². The fourth-order valence-electron chi connectivity index (χ4n) is 2.91. The standard InChI is InChI=1S/C16H26N2/c1-11-5-8-15(12(2)9-11)16(10-17)18(4)13(3)14-6-7-14/h5,8-9,13-14,16H,6-7,10,17H2,1-4H3. The summed E-state index contributed by atoms with van der Waals surface area (Å²) < 4.78 is 0. The lowest BCUT2D eigenvalue weighted by atomic mass is 9.97. The van der Waals surface area contributed by atoms with Gasteiger partial charge in [-0.05, 0) is 57.7 Å². The Morgan fingerprint density at radius 1 is 1.33 bits per heavy atom. The molecular formula is C16H26N2. The summed E-state index contributed by atoms with van der Waals surface area (Å²) in [6, 6.07) is 7.69. The van der Waals surface area contributed by atoms with Gasteiger partial charge in [0.2, 0.25) is 0 Å². The van der Waals surface area contributed by atoms with Gasteiger partial charge in [0, 0.05) is 18.6 Å². The van der Waals surface area contributed by atoms with Crippen molar-refractivity contribution in [3.63, 3.8) is 0 Å². The molecule has 100 valence electrons. The molecule has 2 atom stereocenters. The van der Waals surface area contributed by atoms with E-state index in [1.165, 1.54) is 29.5 Å². The lowest BCUT2D eigenvalue weighted by molar-refractivity contribution is 0.171. The van der Waals surface area contributed by atoms with Crippen molar-refractivity contribution in [2.24, 2.45) is 11.7 Å². The van der Waals surface area contributed by atoms with Gasteiger partial charge in [0.25, 0.3) is 0 Å². The second kappa shape index (κ2) is 5.41. The van der Waals surface area contributed by atoms with E-state index in [0.29, 0.717) is 18.6 Å². The van der Waals surface area contributed by atoms with Gasteiger partial charge >= 0.3 is 0 Å². The molecule has 1 aromatic carbocycles. The largest absolute Gasteiger partial charge is 0.329 e. The van der Waals surface area contributed by atoms with Gasteiger partial charge in [0.05, 0.1) is 0 Å². The molecule has 2 nitrogen and oxygen atoms in total. The molecule has 0 bridgehead atoms. The first-order valence-corrected chi connectivity index (χ1v) is 7.03. The normalized spacial score (nSPS) is 19.0. The molecule has 1 aromatic rings. The molecule has 2 N–H and O–H groups in total. The fraction of sp³-hybridized carbons (Fsp3) is 0.625. The predicted octanol–water partition coefficient (Wildman–Crippen LogP) is 3.03. The molecular weight excluding hydrogens is 220 g/mol. The van der Waals surface area contributed by atoms with Crippen molar-refractivity contribution in [2.75, 3.05) is 13.6 Å². The molecule has 0 aromatic heterocycles. The zero-order chi connectivity index (χ0) is 13.3. The van der Waals surface area contributed by atoms with E-state index in [2.05, 4.69) is 50.9 Å². The van der Waals surface area contributed by atoms with Crippen molar-refractivity contribution < 1.29 is 0 Å². The van der Waals surface area contributed by atoms with Crippen molar-refractivity contribution >= 4 is 0 Å². The van der Waals surface area contributed by atoms with E-state index in [4.69, 9.17) is 5.73 Å². The number of nitrogens with two attached hydrogens (primary N) is 1. The molecule has 1 aliphatic rings.